The number of benzene rings is 1. The van der Waals surface area contributed by atoms with E-state index in [2.05, 4.69) is 10.1 Å². The molecule has 1 amide bonds. The molecule has 0 fully saturated rings. The molecule has 1 N–H and O–H groups in total. The van der Waals surface area contributed by atoms with E-state index in [4.69, 9.17) is 4.74 Å². The Morgan fingerprint density at radius 1 is 1.26 bits per heavy atom. The van der Waals surface area contributed by atoms with Gasteiger partial charge in [0.15, 0.2) is 0 Å². The van der Waals surface area contributed by atoms with Gasteiger partial charge < -0.3 is 14.8 Å². The summed E-state index contributed by atoms with van der Waals surface area (Å²) < 4.78 is 9.89. The fraction of sp³-hybridized carbons (Fsp3) is 0.429. The molecule has 1 aromatic rings. The maximum atomic E-state index is 12.2. The number of amides is 1. The lowest BCUT2D eigenvalue weighted by Crippen LogP contribution is -2.41. The SMILES string of the molecule is CCC(C)(OC)C(=O)Nc1ccccc1C(=O)OC. The highest BCUT2D eigenvalue weighted by Gasteiger charge is 2.31. The maximum Gasteiger partial charge on any atom is 0.339 e. The van der Waals surface area contributed by atoms with Crippen molar-refractivity contribution in [1.82, 2.24) is 0 Å². The van der Waals surface area contributed by atoms with Crippen LogP contribution in [0, 0.1) is 0 Å². The van der Waals surface area contributed by atoms with Crippen molar-refractivity contribution >= 4 is 17.6 Å². The van der Waals surface area contributed by atoms with Gasteiger partial charge >= 0.3 is 5.97 Å². The number of rotatable bonds is 5. The predicted molar refractivity (Wildman–Crippen MR) is 72.1 cm³/mol. The lowest BCUT2D eigenvalue weighted by molar-refractivity contribution is -0.136. The van der Waals surface area contributed by atoms with Gasteiger partial charge in [0, 0.05) is 7.11 Å². The van der Waals surface area contributed by atoms with E-state index in [9.17, 15) is 9.59 Å². The summed E-state index contributed by atoms with van der Waals surface area (Å²) in [6, 6.07) is 6.68. The van der Waals surface area contributed by atoms with E-state index in [0.29, 0.717) is 17.7 Å². The Labute approximate surface area is 112 Å². The highest BCUT2D eigenvalue weighted by atomic mass is 16.5. The Bertz CT molecular complexity index is 466. The third-order valence-electron chi connectivity index (χ3n) is 3.19. The van der Waals surface area contributed by atoms with Crippen LogP contribution in [0.1, 0.15) is 30.6 Å². The molecular formula is C14H19NO4. The summed E-state index contributed by atoms with van der Waals surface area (Å²) in [5.74, 6) is -0.791. The number of ether oxygens (including phenoxy) is 2. The quantitative estimate of drug-likeness (QED) is 0.829. The number of hydrogen-bond donors (Lipinski definition) is 1. The Morgan fingerprint density at radius 2 is 1.89 bits per heavy atom. The Morgan fingerprint density at radius 3 is 2.42 bits per heavy atom. The smallest absolute Gasteiger partial charge is 0.339 e. The van der Waals surface area contributed by atoms with E-state index < -0.39 is 11.6 Å². The summed E-state index contributed by atoms with van der Waals surface area (Å²) in [6.45, 7) is 3.55. The van der Waals surface area contributed by atoms with Crippen LogP contribution in [0.15, 0.2) is 24.3 Å². The molecule has 0 aromatic heterocycles. The molecule has 1 aromatic carbocycles. The minimum atomic E-state index is -0.927. The fourth-order valence-electron chi connectivity index (χ4n) is 1.53. The summed E-state index contributed by atoms with van der Waals surface area (Å²) in [6.07, 6.45) is 0.524. The van der Waals surface area contributed by atoms with Gasteiger partial charge in [-0.25, -0.2) is 4.79 Å². The van der Waals surface area contributed by atoms with Crippen LogP contribution in [-0.4, -0.2) is 31.7 Å². The van der Waals surface area contributed by atoms with Crippen LogP contribution in [0.25, 0.3) is 0 Å². The predicted octanol–water partition coefficient (Wildman–Crippen LogP) is 2.23. The molecule has 5 heteroatoms. The lowest BCUT2D eigenvalue weighted by Gasteiger charge is -2.25. The van der Waals surface area contributed by atoms with Crippen molar-refractivity contribution in [3.8, 4) is 0 Å². The Balaban J connectivity index is 3.00. The highest BCUT2D eigenvalue weighted by molar-refractivity contribution is 6.03. The van der Waals surface area contributed by atoms with Gasteiger partial charge in [-0.1, -0.05) is 19.1 Å². The molecule has 0 aliphatic rings. The molecule has 1 unspecified atom stereocenters. The summed E-state index contributed by atoms with van der Waals surface area (Å²) in [5, 5.41) is 2.70. The van der Waals surface area contributed by atoms with Gasteiger partial charge in [0.1, 0.15) is 5.60 Å². The molecule has 0 aliphatic carbocycles. The second kappa shape index (κ2) is 6.33. The van der Waals surface area contributed by atoms with Crippen LogP contribution >= 0.6 is 0 Å². The Kier molecular flexibility index (Phi) is 5.06. The van der Waals surface area contributed by atoms with Crippen LogP contribution in [0.5, 0.6) is 0 Å². The number of carbonyl (C=O) groups is 2. The molecule has 0 radical (unpaired) electrons. The summed E-state index contributed by atoms with van der Waals surface area (Å²) >= 11 is 0. The minimum Gasteiger partial charge on any atom is -0.465 e. The summed E-state index contributed by atoms with van der Waals surface area (Å²) in [5.41, 5.74) is -0.201. The van der Waals surface area contributed by atoms with Crippen molar-refractivity contribution in [2.45, 2.75) is 25.9 Å². The maximum absolute atomic E-state index is 12.2. The average Bonchev–Trinajstić information content (AvgIpc) is 2.46. The van der Waals surface area contributed by atoms with Gasteiger partial charge in [0.25, 0.3) is 5.91 Å². The Hall–Kier alpha value is -1.88. The molecule has 0 spiro atoms. The van der Waals surface area contributed by atoms with Gasteiger partial charge in [-0.15, -0.1) is 0 Å². The zero-order chi connectivity index (χ0) is 14.5. The van der Waals surface area contributed by atoms with Crippen molar-refractivity contribution in [1.29, 1.82) is 0 Å². The van der Waals surface area contributed by atoms with Crippen molar-refractivity contribution in [2.75, 3.05) is 19.5 Å². The largest absolute Gasteiger partial charge is 0.465 e. The first-order valence-corrected chi connectivity index (χ1v) is 6.02. The van der Waals surface area contributed by atoms with Crippen LogP contribution in [0.2, 0.25) is 0 Å². The molecule has 104 valence electrons. The normalized spacial score (nSPS) is 13.5. The van der Waals surface area contributed by atoms with E-state index >= 15 is 0 Å². The molecule has 19 heavy (non-hydrogen) atoms. The molecule has 0 saturated heterocycles. The van der Waals surface area contributed by atoms with Gasteiger partial charge in [-0.05, 0) is 25.5 Å². The molecule has 5 nitrogen and oxygen atoms in total. The van der Waals surface area contributed by atoms with E-state index in [1.54, 1.807) is 31.2 Å². The molecule has 0 heterocycles. The highest BCUT2D eigenvalue weighted by Crippen LogP contribution is 2.21. The van der Waals surface area contributed by atoms with E-state index in [0.717, 1.165) is 0 Å². The molecule has 1 atom stereocenters. The van der Waals surface area contributed by atoms with Crippen LogP contribution in [0.3, 0.4) is 0 Å². The van der Waals surface area contributed by atoms with Crippen molar-refractivity contribution in [2.24, 2.45) is 0 Å². The summed E-state index contributed by atoms with van der Waals surface area (Å²) in [4.78, 5) is 23.8. The number of esters is 1. The zero-order valence-electron chi connectivity index (χ0n) is 11.6. The number of carbonyl (C=O) groups excluding carboxylic acids is 2. The number of anilines is 1. The van der Waals surface area contributed by atoms with Gasteiger partial charge in [-0.2, -0.15) is 0 Å². The standard InChI is InChI=1S/C14H19NO4/c1-5-14(2,19-4)13(17)15-11-9-7-6-8-10(11)12(16)18-3/h6-9H,5H2,1-4H3,(H,15,17). The lowest BCUT2D eigenvalue weighted by atomic mass is 10.0. The second-order valence-corrected chi connectivity index (χ2v) is 4.28. The third kappa shape index (κ3) is 3.32. The van der Waals surface area contributed by atoms with Gasteiger partial charge in [0.2, 0.25) is 0 Å². The topological polar surface area (TPSA) is 64.6 Å². The van der Waals surface area contributed by atoms with Gasteiger partial charge in [-0.3, -0.25) is 4.79 Å². The first-order valence-electron chi connectivity index (χ1n) is 6.02. The number of para-hydroxylation sites is 1. The van der Waals surface area contributed by atoms with Crippen molar-refractivity contribution in [3.63, 3.8) is 0 Å². The average molecular weight is 265 g/mol. The molecule has 1 rings (SSSR count). The molecule has 0 saturated carbocycles. The van der Waals surface area contributed by atoms with Crippen molar-refractivity contribution < 1.29 is 19.1 Å². The van der Waals surface area contributed by atoms with Crippen LogP contribution in [0.4, 0.5) is 5.69 Å². The number of methoxy groups -OCH3 is 2. The van der Waals surface area contributed by atoms with Crippen molar-refractivity contribution in [3.05, 3.63) is 29.8 Å². The van der Waals surface area contributed by atoms with E-state index in [-0.39, 0.29) is 5.91 Å². The second-order valence-electron chi connectivity index (χ2n) is 4.28. The first kappa shape index (κ1) is 15.2. The zero-order valence-corrected chi connectivity index (χ0v) is 11.6. The third-order valence-corrected chi connectivity index (χ3v) is 3.19. The van der Waals surface area contributed by atoms with E-state index in [1.807, 2.05) is 6.92 Å². The fourth-order valence-corrected chi connectivity index (χ4v) is 1.53. The molecule has 0 aliphatic heterocycles. The molecular weight excluding hydrogens is 246 g/mol. The first-order chi connectivity index (χ1) is 8.98. The number of hydrogen-bond acceptors (Lipinski definition) is 4. The van der Waals surface area contributed by atoms with Crippen LogP contribution < -0.4 is 5.32 Å². The van der Waals surface area contributed by atoms with Crippen LogP contribution in [-0.2, 0) is 14.3 Å². The van der Waals surface area contributed by atoms with Gasteiger partial charge in [0.05, 0.1) is 18.4 Å². The minimum absolute atomic E-state index is 0.297. The monoisotopic (exact) mass is 265 g/mol. The molecule has 0 bridgehead atoms. The number of nitrogens with one attached hydrogen (secondary N) is 1. The van der Waals surface area contributed by atoms with E-state index in [1.165, 1.54) is 14.2 Å². The summed E-state index contributed by atoms with van der Waals surface area (Å²) in [7, 11) is 2.78.